The summed E-state index contributed by atoms with van der Waals surface area (Å²) in [4.78, 5) is 2.30. The Morgan fingerprint density at radius 1 is 1.45 bits per heavy atom. The van der Waals surface area contributed by atoms with E-state index in [2.05, 4.69) is 23.9 Å². The van der Waals surface area contributed by atoms with Gasteiger partial charge in [-0.3, -0.25) is 0 Å². The number of hydrogen-bond acceptors (Lipinski definition) is 4. The lowest BCUT2D eigenvalue weighted by Gasteiger charge is -2.39. The van der Waals surface area contributed by atoms with Gasteiger partial charge in [-0.15, -0.1) is 11.3 Å². The fraction of sp³-hybridized carbons (Fsp3) is 0.714. The zero-order valence-corrected chi connectivity index (χ0v) is 14.2. The minimum atomic E-state index is -3.40. The van der Waals surface area contributed by atoms with Crippen LogP contribution in [0, 0.1) is 19.3 Å². The Labute approximate surface area is 126 Å². The summed E-state index contributed by atoms with van der Waals surface area (Å²) in [6, 6.07) is 1.94. The van der Waals surface area contributed by atoms with E-state index in [1.54, 1.807) is 6.07 Å². The molecule has 1 fully saturated rings. The molecule has 1 aromatic heterocycles. The maximum atomic E-state index is 12.4. The lowest BCUT2D eigenvalue weighted by Crippen LogP contribution is -2.52. The van der Waals surface area contributed by atoms with Gasteiger partial charge in [0, 0.05) is 22.3 Å². The highest BCUT2D eigenvalue weighted by Gasteiger charge is 2.33. The number of nitrogens with one attached hydrogen (secondary N) is 2. The van der Waals surface area contributed by atoms with Crippen molar-refractivity contribution in [3.8, 4) is 0 Å². The topological polar surface area (TPSA) is 58.2 Å². The second-order valence-corrected chi connectivity index (χ2v) is 9.42. The summed E-state index contributed by atoms with van der Waals surface area (Å²) in [5, 5.41) is 3.43. The van der Waals surface area contributed by atoms with Crippen molar-refractivity contribution in [1.29, 1.82) is 0 Å². The zero-order valence-electron chi connectivity index (χ0n) is 12.6. The first-order valence-electron chi connectivity index (χ1n) is 7.02. The van der Waals surface area contributed by atoms with E-state index in [4.69, 9.17) is 0 Å². The average molecular weight is 316 g/mol. The Hall–Kier alpha value is -0.430. The normalized spacial score (nSPS) is 22.9. The molecular formula is C14H24N2O2S2. The van der Waals surface area contributed by atoms with Gasteiger partial charge < -0.3 is 5.32 Å². The molecule has 1 aliphatic rings. The Kier molecular flexibility index (Phi) is 4.59. The molecular weight excluding hydrogens is 292 g/mol. The van der Waals surface area contributed by atoms with Crippen molar-refractivity contribution in [2.24, 2.45) is 5.41 Å². The van der Waals surface area contributed by atoms with E-state index in [0.717, 1.165) is 29.1 Å². The van der Waals surface area contributed by atoms with E-state index in [1.807, 2.05) is 13.8 Å². The minimum absolute atomic E-state index is 0.125. The molecule has 0 aromatic carbocycles. The lowest BCUT2D eigenvalue weighted by molar-refractivity contribution is 0.181. The van der Waals surface area contributed by atoms with Crippen molar-refractivity contribution in [1.82, 2.24) is 10.0 Å². The zero-order chi connectivity index (χ0) is 15.0. The molecule has 2 heterocycles. The van der Waals surface area contributed by atoms with Crippen LogP contribution in [0.5, 0.6) is 0 Å². The molecule has 2 rings (SSSR count). The van der Waals surface area contributed by atoms with Gasteiger partial charge in [0.05, 0.1) is 4.90 Å². The van der Waals surface area contributed by atoms with E-state index in [-0.39, 0.29) is 11.5 Å². The van der Waals surface area contributed by atoms with Crippen LogP contribution in [0.2, 0.25) is 0 Å². The highest BCUT2D eigenvalue weighted by molar-refractivity contribution is 7.89. The molecule has 0 spiro atoms. The van der Waals surface area contributed by atoms with Crippen molar-refractivity contribution < 1.29 is 8.42 Å². The van der Waals surface area contributed by atoms with Crippen molar-refractivity contribution in [2.75, 3.05) is 13.1 Å². The molecule has 0 amide bonds. The number of thiophene rings is 1. The summed E-state index contributed by atoms with van der Waals surface area (Å²) in [6.07, 6.45) is 2.28. The fourth-order valence-corrected chi connectivity index (χ4v) is 5.36. The van der Waals surface area contributed by atoms with E-state index in [9.17, 15) is 8.42 Å². The van der Waals surface area contributed by atoms with Crippen molar-refractivity contribution >= 4 is 21.4 Å². The second kappa shape index (κ2) is 5.75. The van der Waals surface area contributed by atoms with Gasteiger partial charge in [0.2, 0.25) is 10.0 Å². The minimum Gasteiger partial charge on any atom is -0.312 e. The van der Waals surface area contributed by atoms with Crippen molar-refractivity contribution in [2.45, 2.75) is 51.5 Å². The first-order valence-corrected chi connectivity index (χ1v) is 9.32. The summed E-state index contributed by atoms with van der Waals surface area (Å²) in [5.74, 6) is 0. The molecule has 114 valence electrons. The van der Waals surface area contributed by atoms with Gasteiger partial charge >= 0.3 is 0 Å². The Morgan fingerprint density at radius 2 is 2.15 bits per heavy atom. The third-order valence-corrected chi connectivity index (χ3v) is 6.74. The Balaban J connectivity index is 2.08. The lowest BCUT2D eigenvalue weighted by atomic mass is 9.78. The van der Waals surface area contributed by atoms with Gasteiger partial charge in [-0.05, 0) is 44.7 Å². The number of piperidine rings is 1. The van der Waals surface area contributed by atoms with Gasteiger partial charge in [0.1, 0.15) is 0 Å². The van der Waals surface area contributed by atoms with E-state index in [0.29, 0.717) is 11.4 Å². The van der Waals surface area contributed by atoms with Crippen LogP contribution in [0.3, 0.4) is 0 Å². The largest absolute Gasteiger partial charge is 0.312 e. The highest BCUT2D eigenvalue weighted by atomic mass is 32.2. The predicted octanol–water partition coefficient (Wildman–Crippen LogP) is 2.42. The molecule has 20 heavy (non-hydrogen) atoms. The van der Waals surface area contributed by atoms with E-state index >= 15 is 0 Å². The molecule has 1 aliphatic heterocycles. The number of sulfonamides is 1. The maximum Gasteiger partial charge on any atom is 0.241 e. The van der Waals surface area contributed by atoms with Crippen LogP contribution in [0.1, 0.15) is 36.4 Å². The van der Waals surface area contributed by atoms with Crippen LogP contribution in [-0.2, 0) is 10.0 Å². The molecule has 0 radical (unpaired) electrons. The molecule has 4 nitrogen and oxygen atoms in total. The van der Waals surface area contributed by atoms with Crippen LogP contribution in [-0.4, -0.2) is 27.5 Å². The first-order chi connectivity index (χ1) is 9.22. The van der Waals surface area contributed by atoms with Gasteiger partial charge in [-0.1, -0.05) is 13.8 Å². The summed E-state index contributed by atoms with van der Waals surface area (Å²) >= 11 is 1.52. The highest BCUT2D eigenvalue weighted by Crippen LogP contribution is 2.30. The van der Waals surface area contributed by atoms with E-state index in [1.165, 1.54) is 11.3 Å². The van der Waals surface area contributed by atoms with Gasteiger partial charge in [-0.25, -0.2) is 13.1 Å². The van der Waals surface area contributed by atoms with Crippen molar-refractivity contribution in [3.05, 3.63) is 15.8 Å². The standard InChI is InChI=1S/C14H24N2O2S2/c1-10-8-12(11(2)19-10)20(17,18)16-9-13-14(3,4)6-5-7-15-13/h8,13,15-16H,5-7,9H2,1-4H3. The molecule has 1 aromatic rings. The molecule has 0 aliphatic carbocycles. The van der Waals surface area contributed by atoms with Crippen LogP contribution in [0.15, 0.2) is 11.0 Å². The van der Waals surface area contributed by atoms with Gasteiger partial charge in [-0.2, -0.15) is 0 Å². The monoisotopic (exact) mass is 316 g/mol. The fourth-order valence-electron chi connectivity index (χ4n) is 2.76. The van der Waals surface area contributed by atoms with E-state index < -0.39 is 10.0 Å². The summed E-state index contributed by atoms with van der Waals surface area (Å²) in [6.45, 7) is 9.59. The molecule has 1 saturated heterocycles. The Morgan fingerprint density at radius 3 is 2.70 bits per heavy atom. The smallest absolute Gasteiger partial charge is 0.241 e. The molecule has 6 heteroatoms. The average Bonchev–Trinajstić information content (AvgIpc) is 2.67. The summed E-state index contributed by atoms with van der Waals surface area (Å²) in [5.41, 5.74) is 0.125. The summed E-state index contributed by atoms with van der Waals surface area (Å²) in [7, 11) is -3.40. The van der Waals surface area contributed by atoms with Crippen LogP contribution in [0.25, 0.3) is 0 Å². The SMILES string of the molecule is Cc1cc(S(=O)(=O)NCC2NCCCC2(C)C)c(C)s1. The predicted molar refractivity (Wildman–Crippen MR) is 83.8 cm³/mol. The second-order valence-electron chi connectivity index (χ2n) is 6.23. The third-order valence-electron chi connectivity index (χ3n) is 4.09. The third kappa shape index (κ3) is 3.42. The van der Waals surface area contributed by atoms with Crippen LogP contribution >= 0.6 is 11.3 Å². The number of aryl methyl sites for hydroxylation is 2. The Bertz CT molecular complexity index is 576. The van der Waals surface area contributed by atoms with Gasteiger partial charge in [0.15, 0.2) is 0 Å². The number of rotatable bonds is 4. The van der Waals surface area contributed by atoms with Gasteiger partial charge in [0.25, 0.3) is 0 Å². The van der Waals surface area contributed by atoms with Crippen molar-refractivity contribution in [3.63, 3.8) is 0 Å². The quantitative estimate of drug-likeness (QED) is 0.897. The maximum absolute atomic E-state index is 12.4. The number of hydrogen-bond donors (Lipinski definition) is 2. The first kappa shape index (κ1) is 15.9. The molecule has 2 N–H and O–H groups in total. The summed E-state index contributed by atoms with van der Waals surface area (Å²) < 4.78 is 27.5. The molecule has 1 unspecified atom stereocenters. The molecule has 1 atom stereocenters. The van der Waals surface area contributed by atoms with Crippen LogP contribution < -0.4 is 10.0 Å². The molecule has 0 saturated carbocycles. The van der Waals surface area contributed by atoms with Crippen LogP contribution in [0.4, 0.5) is 0 Å². The molecule has 0 bridgehead atoms.